The van der Waals surface area contributed by atoms with Crippen LogP contribution in [-0.4, -0.2) is 64.2 Å². The van der Waals surface area contributed by atoms with Crippen LogP contribution < -0.4 is 5.32 Å². The summed E-state index contributed by atoms with van der Waals surface area (Å²) >= 11 is 0. The van der Waals surface area contributed by atoms with Crippen molar-refractivity contribution in [3.8, 4) is 0 Å². The lowest BCUT2D eigenvalue weighted by Crippen LogP contribution is -2.22. The molecule has 12 heteroatoms. The maximum absolute atomic E-state index is 12.2. The van der Waals surface area contributed by atoms with Gasteiger partial charge in [0, 0.05) is 17.1 Å². The molecule has 0 aliphatic heterocycles. The van der Waals surface area contributed by atoms with E-state index in [1.807, 2.05) is 0 Å². The first-order valence-corrected chi connectivity index (χ1v) is 9.21. The Labute approximate surface area is 181 Å². The maximum Gasteiger partial charge on any atom is 0.378 e. The second kappa shape index (κ2) is 9.20. The van der Waals surface area contributed by atoms with Crippen LogP contribution in [0.2, 0.25) is 0 Å². The van der Waals surface area contributed by atoms with Gasteiger partial charge >= 0.3 is 17.9 Å². The Morgan fingerprint density at radius 1 is 0.906 bits per heavy atom. The molecule has 0 saturated heterocycles. The van der Waals surface area contributed by atoms with Gasteiger partial charge < -0.3 is 19.5 Å². The van der Waals surface area contributed by atoms with Crippen LogP contribution in [0.3, 0.4) is 0 Å². The molecule has 3 aromatic rings. The molecule has 12 nitrogen and oxygen atoms in total. The van der Waals surface area contributed by atoms with Crippen molar-refractivity contribution in [3.05, 3.63) is 52.6 Å². The quantitative estimate of drug-likeness (QED) is 0.435. The van der Waals surface area contributed by atoms with Gasteiger partial charge in [-0.3, -0.25) is 4.79 Å². The number of hydrogen-bond acceptors (Lipinski definition) is 10. The molecule has 1 amide bonds. The summed E-state index contributed by atoms with van der Waals surface area (Å²) in [5, 5.41) is 6.47. The Hall–Kier alpha value is -4.35. The van der Waals surface area contributed by atoms with Crippen molar-refractivity contribution in [1.29, 1.82) is 0 Å². The summed E-state index contributed by atoms with van der Waals surface area (Å²) in [6, 6.07) is 5.65. The molecule has 0 saturated carbocycles. The molecule has 0 aliphatic rings. The van der Waals surface area contributed by atoms with E-state index in [0.29, 0.717) is 5.69 Å². The SMILES string of the molecule is COC(=O)c1cc(NC(=O)COC(=O)c2nc3nc(C)cc(C)n3n2)cc(C(=O)OC)c1. The van der Waals surface area contributed by atoms with E-state index >= 15 is 0 Å². The molecular weight excluding hydrogens is 422 g/mol. The molecule has 0 fully saturated rings. The number of esters is 3. The summed E-state index contributed by atoms with van der Waals surface area (Å²) in [6.07, 6.45) is 0. The van der Waals surface area contributed by atoms with Crippen molar-refractivity contribution < 1.29 is 33.4 Å². The Morgan fingerprint density at radius 2 is 1.53 bits per heavy atom. The van der Waals surface area contributed by atoms with Gasteiger partial charge in [-0.25, -0.2) is 23.9 Å². The largest absolute Gasteiger partial charge is 0.465 e. The Balaban J connectivity index is 1.70. The molecule has 0 aliphatic carbocycles. The Bertz CT molecular complexity index is 1200. The number of benzene rings is 1. The third-order valence-electron chi connectivity index (χ3n) is 4.19. The Morgan fingerprint density at radius 3 is 2.12 bits per heavy atom. The minimum atomic E-state index is -0.915. The van der Waals surface area contributed by atoms with Gasteiger partial charge in [0.1, 0.15) is 0 Å². The monoisotopic (exact) mass is 441 g/mol. The molecule has 166 valence electrons. The van der Waals surface area contributed by atoms with E-state index in [2.05, 4.69) is 29.9 Å². The minimum Gasteiger partial charge on any atom is -0.465 e. The third kappa shape index (κ3) is 4.86. The highest BCUT2D eigenvalue weighted by molar-refractivity contribution is 6.00. The lowest BCUT2D eigenvalue weighted by atomic mass is 10.1. The van der Waals surface area contributed by atoms with Crippen LogP contribution in [0.5, 0.6) is 0 Å². The van der Waals surface area contributed by atoms with Crippen molar-refractivity contribution in [3.63, 3.8) is 0 Å². The topological polar surface area (TPSA) is 151 Å². The number of nitrogens with zero attached hydrogens (tertiary/aromatic N) is 4. The number of ether oxygens (including phenoxy) is 3. The first kappa shape index (κ1) is 22.3. The third-order valence-corrected chi connectivity index (χ3v) is 4.19. The van der Waals surface area contributed by atoms with E-state index in [1.165, 1.54) is 36.9 Å². The second-order valence-electron chi connectivity index (χ2n) is 6.59. The summed E-state index contributed by atoms with van der Waals surface area (Å²) in [7, 11) is 2.35. The van der Waals surface area contributed by atoms with Gasteiger partial charge in [0.2, 0.25) is 0 Å². The van der Waals surface area contributed by atoms with Crippen LogP contribution in [-0.2, 0) is 19.0 Å². The average molecular weight is 441 g/mol. The molecule has 1 aromatic carbocycles. The zero-order valence-electron chi connectivity index (χ0n) is 17.7. The summed E-state index contributed by atoms with van der Waals surface area (Å²) < 4.78 is 15.6. The minimum absolute atomic E-state index is 0.0229. The fourth-order valence-electron chi connectivity index (χ4n) is 2.82. The number of anilines is 1. The first-order chi connectivity index (χ1) is 15.2. The number of aromatic nitrogens is 4. The van der Waals surface area contributed by atoms with Crippen molar-refractivity contribution in [2.24, 2.45) is 0 Å². The number of methoxy groups -OCH3 is 2. The molecule has 3 rings (SSSR count). The lowest BCUT2D eigenvalue weighted by molar-refractivity contribution is -0.119. The van der Waals surface area contributed by atoms with Gasteiger partial charge in [0.25, 0.3) is 17.5 Å². The smallest absolute Gasteiger partial charge is 0.378 e. The number of fused-ring (bicyclic) bond motifs is 1. The summed E-state index contributed by atoms with van der Waals surface area (Å²) in [5.74, 6) is -3.08. The molecule has 1 N–H and O–H groups in total. The maximum atomic E-state index is 12.2. The predicted octanol–water partition coefficient (Wildman–Crippen LogP) is 1.11. The number of nitrogens with one attached hydrogen (secondary N) is 1. The highest BCUT2D eigenvalue weighted by Crippen LogP contribution is 2.17. The number of carbonyl (C=O) groups is 4. The Kier molecular flexibility index (Phi) is 6.42. The van der Waals surface area contributed by atoms with Crippen LogP contribution in [0.1, 0.15) is 42.7 Å². The van der Waals surface area contributed by atoms with E-state index < -0.39 is 30.4 Å². The molecule has 0 atom stereocenters. The molecule has 0 bridgehead atoms. The fourth-order valence-corrected chi connectivity index (χ4v) is 2.82. The van der Waals surface area contributed by atoms with Crippen LogP contribution in [0.15, 0.2) is 24.3 Å². The zero-order valence-corrected chi connectivity index (χ0v) is 17.7. The molecule has 0 radical (unpaired) electrons. The average Bonchev–Trinajstić information content (AvgIpc) is 3.20. The highest BCUT2D eigenvalue weighted by Gasteiger charge is 2.19. The summed E-state index contributed by atoms with van der Waals surface area (Å²) in [6.45, 7) is 2.91. The van der Waals surface area contributed by atoms with Crippen LogP contribution in [0, 0.1) is 13.8 Å². The summed E-state index contributed by atoms with van der Waals surface area (Å²) in [4.78, 5) is 56.3. The highest BCUT2D eigenvalue weighted by atomic mass is 16.5. The van der Waals surface area contributed by atoms with Gasteiger partial charge in [-0.05, 0) is 38.1 Å². The van der Waals surface area contributed by atoms with Gasteiger partial charge in [0.15, 0.2) is 6.61 Å². The zero-order chi connectivity index (χ0) is 23.4. The number of amides is 1. The normalized spacial score (nSPS) is 10.5. The number of hydrogen-bond donors (Lipinski definition) is 1. The number of aryl methyl sites for hydroxylation is 2. The van der Waals surface area contributed by atoms with E-state index in [-0.39, 0.29) is 28.4 Å². The van der Waals surface area contributed by atoms with Crippen LogP contribution in [0.4, 0.5) is 5.69 Å². The molecule has 32 heavy (non-hydrogen) atoms. The van der Waals surface area contributed by atoms with Gasteiger partial charge in [0.05, 0.1) is 25.3 Å². The fraction of sp³-hybridized carbons (Fsp3) is 0.250. The van der Waals surface area contributed by atoms with Crippen molar-refractivity contribution >= 4 is 35.3 Å². The van der Waals surface area contributed by atoms with E-state index in [0.717, 1.165) is 5.69 Å². The number of carbonyl (C=O) groups excluding carboxylic acids is 4. The molecule has 2 heterocycles. The van der Waals surface area contributed by atoms with Gasteiger partial charge in [-0.1, -0.05) is 0 Å². The molecule has 0 spiro atoms. The second-order valence-corrected chi connectivity index (χ2v) is 6.59. The van der Waals surface area contributed by atoms with E-state index in [9.17, 15) is 19.2 Å². The van der Waals surface area contributed by atoms with E-state index in [4.69, 9.17) is 4.74 Å². The first-order valence-electron chi connectivity index (χ1n) is 9.21. The number of rotatable bonds is 6. The molecule has 2 aromatic heterocycles. The van der Waals surface area contributed by atoms with Crippen molar-refractivity contribution in [2.75, 3.05) is 26.1 Å². The van der Waals surface area contributed by atoms with Gasteiger partial charge in [-0.2, -0.15) is 4.98 Å². The summed E-state index contributed by atoms with van der Waals surface area (Å²) in [5.41, 5.74) is 1.59. The van der Waals surface area contributed by atoms with E-state index in [1.54, 1.807) is 19.9 Å². The predicted molar refractivity (Wildman–Crippen MR) is 108 cm³/mol. The lowest BCUT2D eigenvalue weighted by Gasteiger charge is -2.09. The van der Waals surface area contributed by atoms with Crippen LogP contribution in [0.25, 0.3) is 5.78 Å². The van der Waals surface area contributed by atoms with Crippen molar-refractivity contribution in [2.45, 2.75) is 13.8 Å². The van der Waals surface area contributed by atoms with Crippen molar-refractivity contribution in [1.82, 2.24) is 19.6 Å². The van der Waals surface area contributed by atoms with Gasteiger partial charge in [-0.15, -0.1) is 5.10 Å². The van der Waals surface area contributed by atoms with Crippen LogP contribution >= 0.6 is 0 Å². The molecular formula is C20H19N5O7. The standard InChI is InChI=1S/C20H19N5O7/c1-10-5-11(2)25-20(21-10)23-16(24-25)19(29)32-9-15(26)22-14-7-12(17(27)30-3)6-13(8-14)18(28)31-4/h5-8H,9H2,1-4H3,(H,22,26). The molecule has 0 unspecified atom stereocenters.